The van der Waals surface area contributed by atoms with E-state index in [9.17, 15) is 9.18 Å². The van der Waals surface area contributed by atoms with Gasteiger partial charge in [-0.2, -0.15) is 4.98 Å². The molecule has 1 amide bonds. The van der Waals surface area contributed by atoms with Crippen molar-refractivity contribution in [3.8, 4) is 11.3 Å². The number of anilines is 2. The van der Waals surface area contributed by atoms with E-state index in [1.54, 1.807) is 42.5 Å². The van der Waals surface area contributed by atoms with Crippen molar-refractivity contribution in [3.05, 3.63) is 106 Å². The Kier molecular flexibility index (Phi) is 8.13. The number of halogens is 3. The predicted octanol–water partition coefficient (Wildman–Crippen LogP) is 5.93. The smallest absolute Gasteiger partial charge is 0.239 e. The molecule has 0 saturated heterocycles. The van der Waals surface area contributed by atoms with Gasteiger partial charge in [0.15, 0.2) is 0 Å². The first-order valence-corrected chi connectivity index (χ1v) is 11.6. The number of benzene rings is 3. The molecule has 6 nitrogen and oxygen atoms in total. The van der Waals surface area contributed by atoms with Crippen LogP contribution in [0, 0.1) is 5.82 Å². The van der Waals surface area contributed by atoms with E-state index < -0.39 is 5.82 Å². The Hall–Kier alpha value is -3.68. The van der Waals surface area contributed by atoms with Gasteiger partial charge in [0.2, 0.25) is 11.9 Å². The van der Waals surface area contributed by atoms with Gasteiger partial charge in [-0.3, -0.25) is 4.79 Å². The van der Waals surface area contributed by atoms with Gasteiger partial charge in [-0.15, -0.1) is 0 Å². The van der Waals surface area contributed by atoms with Crippen LogP contribution in [0.5, 0.6) is 0 Å². The molecule has 0 fully saturated rings. The lowest BCUT2D eigenvalue weighted by atomic mass is 10.1. The van der Waals surface area contributed by atoms with Crippen LogP contribution >= 0.6 is 23.2 Å². The van der Waals surface area contributed by atoms with E-state index in [0.29, 0.717) is 40.2 Å². The van der Waals surface area contributed by atoms with Crippen LogP contribution in [0.3, 0.4) is 0 Å². The summed E-state index contributed by atoms with van der Waals surface area (Å²) in [4.78, 5) is 21.3. The van der Waals surface area contributed by atoms with E-state index in [1.165, 1.54) is 6.07 Å². The Morgan fingerprint density at radius 1 is 0.800 bits per heavy atom. The van der Waals surface area contributed by atoms with Crippen LogP contribution in [0.2, 0.25) is 10.0 Å². The van der Waals surface area contributed by atoms with Crippen LogP contribution < -0.4 is 16.0 Å². The zero-order valence-corrected chi connectivity index (χ0v) is 20.1. The molecule has 178 valence electrons. The first-order valence-electron chi connectivity index (χ1n) is 10.8. The Labute approximate surface area is 212 Å². The Morgan fingerprint density at radius 3 is 2.37 bits per heavy atom. The fraction of sp³-hybridized carbons (Fsp3) is 0.115. The number of hydrogen-bond donors (Lipinski definition) is 3. The second-order valence-corrected chi connectivity index (χ2v) is 8.55. The number of aromatic nitrogens is 2. The van der Waals surface area contributed by atoms with Gasteiger partial charge in [0.1, 0.15) is 11.6 Å². The van der Waals surface area contributed by atoms with Gasteiger partial charge < -0.3 is 16.0 Å². The van der Waals surface area contributed by atoms with Gasteiger partial charge in [-0.05, 0) is 47.5 Å². The van der Waals surface area contributed by atoms with Gasteiger partial charge in [-0.25, -0.2) is 9.37 Å². The second-order valence-electron chi connectivity index (χ2n) is 7.68. The van der Waals surface area contributed by atoms with Crippen molar-refractivity contribution in [1.82, 2.24) is 15.3 Å². The van der Waals surface area contributed by atoms with Crippen LogP contribution in [0.4, 0.5) is 16.2 Å². The average molecular weight is 510 g/mol. The summed E-state index contributed by atoms with van der Waals surface area (Å²) in [5.41, 5.74) is 2.58. The Balaban J connectivity index is 1.47. The minimum atomic E-state index is -0.404. The van der Waals surface area contributed by atoms with Crippen molar-refractivity contribution in [2.45, 2.75) is 13.1 Å². The first-order chi connectivity index (χ1) is 17.0. The molecule has 0 aliphatic heterocycles. The summed E-state index contributed by atoms with van der Waals surface area (Å²) in [5, 5.41) is 10.2. The SMILES string of the molecule is O=C(CNc1cc(-c2ccccc2F)nc(NCc2cccc(Cl)c2)n1)NCc1ccc(Cl)cc1. The molecule has 0 atom stereocenters. The van der Waals surface area contributed by atoms with Crippen molar-refractivity contribution in [1.29, 1.82) is 0 Å². The summed E-state index contributed by atoms with van der Waals surface area (Å²) in [7, 11) is 0. The van der Waals surface area contributed by atoms with Gasteiger partial charge in [0, 0.05) is 34.8 Å². The highest BCUT2D eigenvalue weighted by atomic mass is 35.5. The number of nitrogens with one attached hydrogen (secondary N) is 3. The normalized spacial score (nSPS) is 10.6. The second kappa shape index (κ2) is 11.6. The van der Waals surface area contributed by atoms with Crippen molar-refractivity contribution in [2.75, 3.05) is 17.2 Å². The van der Waals surface area contributed by atoms with Crippen LogP contribution in [0.1, 0.15) is 11.1 Å². The van der Waals surface area contributed by atoms with E-state index in [2.05, 4.69) is 25.9 Å². The third-order valence-electron chi connectivity index (χ3n) is 5.05. The van der Waals surface area contributed by atoms with Gasteiger partial charge >= 0.3 is 0 Å². The maximum absolute atomic E-state index is 14.4. The number of rotatable bonds is 9. The highest BCUT2D eigenvalue weighted by molar-refractivity contribution is 6.30. The molecule has 9 heteroatoms. The van der Waals surface area contributed by atoms with Crippen molar-refractivity contribution in [3.63, 3.8) is 0 Å². The van der Waals surface area contributed by atoms with E-state index in [4.69, 9.17) is 23.2 Å². The molecule has 3 aromatic carbocycles. The van der Waals surface area contributed by atoms with Crippen molar-refractivity contribution in [2.24, 2.45) is 0 Å². The summed E-state index contributed by atoms with van der Waals surface area (Å²) in [6, 6.07) is 22.6. The monoisotopic (exact) mass is 509 g/mol. The molecule has 4 rings (SSSR count). The maximum atomic E-state index is 14.4. The fourth-order valence-corrected chi connectivity index (χ4v) is 3.63. The summed E-state index contributed by atoms with van der Waals surface area (Å²) >= 11 is 12.0. The summed E-state index contributed by atoms with van der Waals surface area (Å²) < 4.78 is 14.4. The van der Waals surface area contributed by atoms with E-state index in [1.807, 2.05) is 30.3 Å². The number of nitrogens with zero attached hydrogens (tertiary/aromatic N) is 2. The zero-order chi connectivity index (χ0) is 24.6. The highest BCUT2D eigenvalue weighted by Crippen LogP contribution is 2.24. The third kappa shape index (κ3) is 7.15. The molecule has 3 N–H and O–H groups in total. The lowest BCUT2D eigenvalue weighted by Gasteiger charge is -2.12. The number of hydrogen-bond acceptors (Lipinski definition) is 5. The molecule has 1 aromatic heterocycles. The van der Waals surface area contributed by atoms with Crippen LogP contribution in [-0.4, -0.2) is 22.4 Å². The van der Waals surface area contributed by atoms with Crippen LogP contribution in [-0.2, 0) is 17.9 Å². The molecule has 0 radical (unpaired) electrons. The first kappa shape index (κ1) is 24.4. The molecule has 0 aliphatic carbocycles. The molecular weight excluding hydrogens is 488 g/mol. The van der Waals surface area contributed by atoms with Gasteiger partial charge in [0.25, 0.3) is 0 Å². The molecule has 0 bridgehead atoms. The average Bonchev–Trinajstić information content (AvgIpc) is 2.86. The molecule has 0 saturated carbocycles. The largest absolute Gasteiger partial charge is 0.361 e. The Bertz CT molecular complexity index is 1320. The standard InChI is InChI=1S/C26H22Cl2FN5O/c27-19-10-8-17(9-11-19)14-31-25(35)16-30-24-13-23(21-6-1-2-7-22(21)29)33-26(34-24)32-15-18-4-3-5-20(28)12-18/h1-13H,14-16H2,(H,31,35)(H2,30,32,33,34). The number of carbonyl (C=O) groups excluding carboxylic acids is 1. The van der Waals surface area contributed by atoms with E-state index in [0.717, 1.165) is 11.1 Å². The summed E-state index contributed by atoms with van der Waals surface area (Å²) in [6.45, 7) is 0.770. The predicted molar refractivity (Wildman–Crippen MR) is 138 cm³/mol. The molecular formula is C26H22Cl2FN5O. The quantitative estimate of drug-likeness (QED) is 0.260. The molecule has 0 unspecified atom stereocenters. The number of amides is 1. The van der Waals surface area contributed by atoms with Crippen molar-refractivity contribution < 1.29 is 9.18 Å². The maximum Gasteiger partial charge on any atom is 0.239 e. The lowest BCUT2D eigenvalue weighted by Crippen LogP contribution is -2.29. The minimum absolute atomic E-state index is 0.0188. The van der Waals surface area contributed by atoms with Crippen LogP contribution in [0.25, 0.3) is 11.3 Å². The molecule has 4 aromatic rings. The number of carbonyl (C=O) groups is 1. The molecule has 0 spiro atoms. The summed E-state index contributed by atoms with van der Waals surface area (Å²) in [5.74, 6) is 0.0429. The fourth-order valence-electron chi connectivity index (χ4n) is 3.29. The van der Waals surface area contributed by atoms with Crippen molar-refractivity contribution >= 4 is 40.9 Å². The molecule has 0 aliphatic rings. The minimum Gasteiger partial charge on any atom is -0.361 e. The zero-order valence-electron chi connectivity index (χ0n) is 18.6. The van der Waals surface area contributed by atoms with E-state index >= 15 is 0 Å². The Morgan fingerprint density at radius 2 is 1.60 bits per heavy atom. The topological polar surface area (TPSA) is 78.9 Å². The van der Waals surface area contributed by atoms with Crippen LogP contribution in [0.15, 0.2) is 78.9 Å². The lowest BCUT2D eigenvalue weighted by molar-refractivity contribution is -0.119. The third-order valence-corrected chi connectivity index (χ3v) is 5.54. The van der Waals surface area contributed by atoms with E-state index in [-0.39, 0.29) is 18.4 Å². The molecule has 1 heterocycles. The molecule has 35 heavy (non-hydrogen) atoms. The summed E-state index contributed by atoms with van der Waals surface area (Å²) in [6.07, 6.45) is 0. The highest BCUT2D eigenvalue weighted by Gasteiger charge is 2.12. The van der Waals surface area contributed by atoms with Gasteiger partial charge in [0.05, 0.1) is 12.2 Å². The van der Waals surface area contributed by atoms with Gasteiger partial charge in [-0.1, -0.05) is 59.6 Å².